The van der Waals surface area contributed by atoms with Gasteiger partial charge in [0.2, 0.25) is 0 Å². The number of nitrogen functional groups attached to an aromatic ring is 1. The van der Waals surface area contributed by atoms with Gasteiger partial charge in [-0.15, -0.1) is 0 Å². The molecule has 1 rings (SSSR count). The maximum Gasteiger partial charge on any atom is 0.330 e. The first-order valence-corrected chi connectivity index (χ1v) is 5.16. The van der Waals surface area contributed by atoms with E-state index in [1.165, 1.54) is 4.57 Å². The van der Waals surface area contributed by atoms with Crippen LogP contribution < -0.4 is 22.3 Å². The molecule has 0 bridgehead atoms. The van der Waals surface area contributed by atoms with Crippen LogP contribution in [0.1, 0.15) is 6.92 Å². The zero-order chi connectivity index (χ0) is 13.0. The number of nitrogens with one attached hydrogen (secondary N) is 2. The normalized spacial score (nSPS) is 10.8. The van der Waals surface area contributed by atoms with E-state index in [2.05, 4.69) is 10.3 Å². The summed E-state index contributed by atoms with van der Waals surface area (Å²) in [5.74, 6) is -0.0202. The first-order valence-electron chi connectivity index (χ1n) is 5.16. The highest BCUT2D eigenvalue weighted by molar-refractivity contribution is 5.60. The van der Waals surface area contributed by atoms with Gasteiger partial charge in [-0.1, -0.05) is 0 Å². The van der Waals surface area contributed by atoms with Crippen molar-refractivity contribution in [3.8, 4) is 0 Å². The summed E-state index contributed by atoms with van der Waals surface area (Å²) in [5.41, 5.74) is 4.37. The van der Waals surface area contributed by atoms with Crippen LogP contribution in [0, 0.1) is 0 Å². The Kier molecular flexibility index (Phi) is 4.30. The second-order valence-electron chi connectivity index (χ2n) is 3.47. The Bertz CT molecular complexity index is 489. The SMILES string of the molecule is CCn1c(N)c(NC(CO)CO)c(=O)[nH]c1=O. The molecule has 6 N–H and O–H groups in total. The Hall–Kier alpha value is -1.80. The third kappa shape index (κ3) is 2.66. The van der Waals surface area contributed by atoms with Crippen molar-refractivity contribution in [2.75, 3.05) is 24.3 Å². The average molecular weight is 244 g/mol. The van der Waals surface area contributed by atoms with Crippen LogP contribution in [0.2, 0.25) is 0 Å². The van der Waals surface area contributed by atoms with Crippen molar-refractivity contribution in [1.82, 2.24) is 9.55 Å². The number of anilines is 2. The summed E-state index contributed by atoms with van der Waals surface area (Å²) < 4.78 is 1.18. The van der Waals surface area contributed by atoms with Crippen LogP contribution in [0.4, 0.5) is 11.5 Å². The van der Waals surface area contributed by atoms with Crippen molar-refractivity contribution < 1.29 is 10.2 Å². The molecule has 0 aliphatic heterocycles. The minimum absolute atomic E-state index is 0.0202. The lowest BCUT2D eigenvalue weighted by molar-refractivity contribution is 0.204. The van der Waals surface area contributed by atoms with Gasteiger partial charge in [0.15, 0.2) is 0 Å². The molecule has 0 aromatic carbocycles. The summed E-state index contributed by atoms with van der Waals surface area (Å²) in [5, 5.41) is 20.4. The van der Waals surface area contributed by atoms with E-state index < -0.39 is 17.3 Å². The number of aromatic nitrogens is 2. The number of hydrogen-bond acceptors (Lipinski definition) is 6. The molecule has 0 aliphatic carbocycles. The van der Waals surface area contributed by atoms with Gasteiger partial charge in [-0.3, -0.25) is 14.3 Å². The highest BCUT2D eigenvalue weighted by Crippen LogP contribution is 2.10. The Morgan fingerprint density at radius 3 is 2.47 bits per heavy atom. The highest BCUT2D eigenvalue weighted by Gasteiger charge is 2.14. The molecule has 0 saturated carbocycles. The van der Waals surface area contributed by atoms with E-state index >= 15 is 0 Å². The smallest absolute Gasteiger partial charge is 0.330 e. The number of aliphatic hydroxyl groups is 2. The predicted octanol–water partition coefficient (Wildman–Crippen LogP) is -2.10. The third-order valence-corrected chi connectivity index (χ3v) is 2.35. The van der Waals surface area contributed by atoms with Gasteiger partial charge in [0.05, 0.1) is 19.3 Å². The van der Waals surface area contributed by atoms with Crippen LogP contribution in [0.25, 0.3) is 0 Å². The predicted molar refractivity (Wildman–Crippen MR) is 63.0 cm³/mol. The van der Waals surface area contributed by atoms with Crippen molar-refractivity contribution in [3.05, 3.63) is 20.8 Å². The molecule has 17 heavy (non-hydrogen) atoms. The van der Waals surface area contributed by atoms with Crippen molar-refractivity contribution in [3.63, 3.8) is 0 Å². The van der Waals surface area contributed by atoms with Crippen molar-refractivity contribution >= 4 is 11.5 Å². The molecule has 1 heterocycles. The lowest BCUT2D eigenvalue weighted by Gasteiger charge is -2.17. The zero-order valence-electron chi connectivity index (χ0n) is 9.43. The van der Waals surface area contributed by atoms with Gasteiger partial charge in [-0.2, -0.15) is 0 Å². The number of aromatic amines is 1. The summed E-state index contributed by atoms with van der Waals surface area (Å²) in [6.45, 7) is 1.29. The molecule has 8 heteroatoms. The molecular formula is C9H16N4O4. The summed E-state index contributed by atoms with van der Waals surface area (Å²) in [4.78, 5) is 25.0. The summed E-state index contributed by atoms with van der Waals surface area (Å²) in [7, 11) is 0. The quantitative estimate of drug-likeness (QED) is 0.403. The Morgan fingerprint density at radius 2 is 2.00 bits per heavy atom. The summed E-state index contributed by atoms with van der Waals surface area (Å²) in [6, 6.07) is -0.707. The summed E-state index contributed by atoms with van der Waals surface area (Å²) >= 11 is 0. The fraction of sp³-hybridized carbons (Fsp3) is 0.556. The molecule has 0 amide bonds. The standard InChI is InChI=1S/C9H16N4O4/c1-2-13-7(10)6(8(16)12-9(13)17)11-5(3-14)4-15/h5,11,14-15H,2-4,10H2,1H3,(H,12,16,17). The number of hydrogen-bond donors (Lipinski definition) is 5. The lowest BCUT2D eigenvalue weighted by Crippen LogP contribution is -2.37. The van der Waals surface area contributed by atoms with E-state index in [4.69, 9.17) is 15.9 Å². The maximum atomic E-state index is 11.5. The molecule has 0 atom stereocenters. The second-order valence-corrected chi connectivity index (χ2v) is 3.47. The largest absolute Gasteiger partial charge is 0.394 e. The highest BCUT2D eigenvalue weighted by atomic mass is 16.3. The van der Waals surface area contributed by atoms with E-state index in [0.717, 1.165) is 0 Å². The van der Waals surface area contributed by atoms with Crippen molar-refractivity contribution in [2.45, 2.75) is 19.5 Å². The minimum Gasteiger partial charge on any atom is -0.394 e. The molecular weight excluding hydrogens is 228 g/mol. The van der Waals surface area contributed by atoms with E-state index in [-0.39, 0.29) is 24.7 Å². The number of nitrogens with two attached hydrogens (primary N) is 1. The van der Waals surface area contributed by atoms with Crippen LogP contribution in [-0.4, -0.2) is 39.0 Å². The van der Waals surface area contributed by atoms with Gasteiger partial charge in [0.1, 0.15) is 11.5 Å². The van der Waals surface area contributed by atoms with E-state index in [0.29, 0.717) is 6.54 Å². The van der Waals surface area contributed by atoms with Gasteiger partial charge in [-0.05, 0) is 6.92 Å². The number of rotatable bonds is 5. The number of aliphatic hydroxyl groups excluding tert-OH is 2. The van der Waals surface area contributed by atoms with Crippen LogP contribution in [0.5, 0.6) is 0 Å². The summed E-state index contributed by atoms with van der Waals surface area (Å²) in [6.07, 6.45) is 0. The molecule has 96 valence electrons. The molecule has 0 saturated heterocycles. The zero-order valence-corrected chi connectivity index (χ0v) is 9.43. The first-order chi connectivity index (χ1) is 8.04. The number of nitrogens with zero attached hydrogens (tertiary/aromatic N) is 1. The number of H-pyrrole nitrogens is 1. The molecule has 0 spiro atoms. The Balaban J connectivity index is 3.24. The Morgan fingerprint density at radius 1 is 1.41 bits per heavy atom. The van der Waals surface area contributed by atoms with Crippen LogP contribution in [0.3, 0.4) is 0 Å². The lowest BCUT2D eigenvalue weighted by atomic mass is 10.3. The van der Waals surface area contributed by atoms with E-state index in [9.17, 15) is 9.59 Å². The topological polar surface area (TPSA) is 133 Å². The van der Waals surface area contributed by atoms with Crippen molar-refractivity contribution in [2.24, 2.45) is 0 Å². The van der Waals surface area contributed by atoms with Gasteiger partial charge in [0, 0.05) is 6.54 Å². The van der Waals surface area contributed by atoms with Crippen LogP contribution in [0.15, 0.2) is 9.59 Å². The van der Waals surface area contributed by atoms with Gasteiger partial charge in [0.25, 0.3) is 5.56 Å². The van der Waals surface area contributed by atoms with Crippen molar-refractivity contribution in [1.29, 1.82) is 0 Å². The maximum absolute atomic E-state index is 11.5. The fourth-order valence-electron chi connectivity index (χ4n) is 1.39. The minimum atomic E-state index is -0.707. The van der Waals surface area contributed by atoms with E-state index in [1.807, 2.05) is 0 Å². The molecule has 0 aliphatic rings. The van der Waals surface area contributed by atoms with E-state index in [1.54, 1.807) is 6.92 Å². The van der Waals surface area contributed by atoms with Gasteiger partial charge in [-0.25, -0.2) is 4.79 Å². The molecule has 0 unspecified atom stereocenters. The second kappa shape index (κ2) is 5.51. The first kappa shape index (κ1) is 13.3. The van der Waals surface area contributed by atoms with Crippen LogP contribution in [-0.2, 0) is 6.54 Å². The van der Waals surface area contributed by atoms with Crippen LogP contribution >= 0.6 is 0 Å². The van der Waals surface area contributed by atoms with Gasteiger partial charge >= 0.3 is 5.69 Å². The Labute approximate surface area is 96.7 Å². The third-order valence-electron chi connectivity index (χ3n) is 2.35. The van der Waals surface area contributed by atoms with Gasteiger partial charge < -0.3 is 21.3 Å². The molecule has 0 radical (unpaired) electrons. The molecule has 0 fully saturated rings. The molecule has 1 aromatic rings. The molecule has 1 aromatic heterocycles. The molecule has 8 nitrogen and oxygen atoms in total. The fourth-order valence-corrected chi connectivity index (χ4v) is 1.39. The monoisotopic (exact) mass is 244 g/mol. The average Bonchev–Trinajstić information content (AvgIpc) is 2.29.